The van der Waals surface area contributed by atoms with Gasteiger partial charge < -0.3 is 10.1 Å². The van der Waals surface area contributed by atoms with Gasteiger partial charge in [-0.05, 0) is 37.1 Å². The first-order chi connectivity index (χ1) is 8.76. The van der Waals surface area contributed by atoms with Gasteiger partial charge in [0.1, 0.15) is 0 Å². The van der Waals surface area contributed by atoms with Gasteiger partial charge in [-0.1, -0.05) is 27.7 Å². The molecule has 0 radical (unpaired) electrons. The van der Waals surface area contributed by atoms with E-state index >= 15 is 0 Å². The topological polar surface area (TPSA) is 24.5 Å². The molecule has 0 amide bonds. The van der Waals surface area contributed by atoms with Crippen LogP contribution in [-0.2, 0) is 4.74 Å². The van der Waals surface area contributed by atoms with Crippen LogP contribution in [0.25, 0.3) is 0 Å². The lowest BCUT2D eigenvalue weighted by atomic mass is 10.0. The number of hydrogen-bond donors (Lipinski definition) is 1. The average molecular weight is 268 g/mol. The van der Waals surface area contributed by atoms with Crippen molar-refractivity contribution in [3.8, 4) is 0 Å². The molecule has 1 saturated carbocycles. The van der Waals surface area contributed by atoms with Gasteiger partial charge in [-0.2, -0.15) is 0 Å². The molecule has 1 saturated heterocycles. The van der Waals surface area contributed by atoms with Crippen molar-refractivity contribution in [2.75, 3.05) is 32.8 Å². The quantitative estimate of drug-likeness (QED) is 0.828. The third kappa shape index (κ3) is 2.98. The van der Waals surface area contributed by atoms with Crippen LogP contribution in [0.4, 0.5) is 0 Å². The molecule has 0 bridgehead atoms. The molecule has 2 rings (SSSR count). The second kappa shape index (κ2) is 5.34. The summed E-state index contributed by atoms with van der Waals surface area (Å²) in [5.41, 5.74) is 0.967. The minimum absolute atomic E-state index is 0.362. The maximum atomic E-state index is 5.86. The standard InChI is InChI=1S/C16H32N2O/c1-12(2)18-7-8-19-13(11-18)9-17-10-14-15(3,4)16(14,5)6/h12-14,17H,7-11H2,1-6H3. The van der Waals surface area contributed by atoms with Gasteiger partial charge in [0.05, 0.1) is 12.7 Å². The summed E-state index contributed by atoms with van der Waals surface area (Å²) < 4.78 is 5.86. The molecule has 112 valence electrons. The molecule has 1 aliphatic heterocycles. The van der Waals surface area contributed by atoms with E-state index in [2.05, 4.69) is 51.8 Å². The summed E-state index contributed by atoms with van der Waals surface area (Å²) in [5, 5.41) is 3.64. The lowest BCUT2D eigenvalue weighted by Crippen LogP contribution is -2.49. The second-order valence-corrected chi connectivity index (χ2v) is 7.74. The van der Waals surface area contributed by atoms with Gasteiger partial charge in [0.25, 0.3) is 0 Å². The molecule has 0 aromatic carbocycles. The van der Waals surface area contributed by atoms with Crippen molar-refractivity contribution in [1.29, 1.82) is 0 Å². The Morgan fingerprint density at radius 1 is 1.16 bits per heavy atom. The van der Waals surface area contributed by atoms with Crippen molar-refractivity contribution in [2.24, 2.45) is 16.7 Å². The highest BCUT2D eigenvalue weighted by atomic mass is 16.5. The minimum Gasteiger partial charge on any atom is -0.374 e. The van der Waals surface area contributed by atoms with Crippen LogP contribution in [-0.4, -0.2) is 49.8 Å². The Kier molecular flexibility index (Phi) is 4.29. The van der Waals surface area contributed by atoms with Crippen LogP contribution in [0.5, 0.6) is 0 Å². The molecule has 1 N–H and O–H groups in total. The van der Waals surface area contributed by atoms with Crippen LogP contribution < -0.4 is 5.32 Å². The fraction of sp³-hybridized carbons (Fsp3) is 1.00. The first-order valence-corrected chi connectivity index (χ1v) is 7.83. The van der Waals surface area contributed by atoms with Gasteiger partial charge in [0.15, 0.2) is 0 Å². The van der Waals surface area contributed by atoms with Crippen molar-refractivity contribution in [3.63, 3.8) is 0 Å². The molecule has 1 aliphatic carbocycles. The number of nitrogens with one attached hydrogen (secondary N) is 1. The van der Waals surface area contributed by atoms with Crippen molar-refractivity contribution < 1.29 is 4.74 Å². The molecule has 0 spiro atoms. The predicted octanol–water partition coefficient (Wildman–Crippen LogP) is 2.37. The summed E-state index contributed by atoms with van der Waals surface area (Å²) in [6, 6.07) is 0.632. The maximum absolute atomic E-state index is 5.86. The van der Waals surface area contributed by atoms with Crippen molar-refractivity contribution in [2.45, 2.75) is 53.7 Å². The molecule has 1 atom stereocenters. The average Bonchev–Trinajstić information content (AvgIpc) is 2.72. The van der Waals surface area contributed by atoms with E-state index in [4.69, 9.17) is 4.74 Å². The van der Waals surface area contributed by atoms with Gasteiger partial charge in [0.2, 0.25) is 0 Å². The molecule has 3 nitrogen and oxygen atoms in total. The minimum atomic E-state index is 0.362. The Labute approximate surface area is 119 Å². The number of ether oxygens (including phenoxy) is 1. The fourth-order valence-corrected chi connectivity index (χ4v) is 3.57. The van der Waals surface area contributed by atoms with Gasteiger partial charge >= 0.3 is 0 Å². The normalized spacial score (nSPS) is 30.8. The molecule has 2 aliphatic rings. The van der Waals surface area contributed by atoms with Gasteiger partial charge in [-0.15, -0.1) is 0 Å². The monoisotopic (exact) mass is 268 g/mol. The molecule has 2 fully saturated rings. The molecule has 3 heteroatoms. The summed E-state index contributed by atoms with van der Waals surface area (Å²) in [7, 11) is 0. The molecule has 0 aromatic heterocycles. The Morgan fingerprint density at radius 2 is 1.79 bits per heavy atom. The van der Waals surface area contributed by atoms with Gasteiger partial charge in [-0.25, -0.2) is 0 Å². The van der Waals surface area contributed by atoms with E-state index in [1.54, 1.807) is 0 Å². The Balaban J connectivity index is 1.69. The number of morpholine rings is 1. The number of rotatable bonds is 5. The molecule has 1 unspecified atom stereocenters. The number of nitrogens with zero attached hydrogens (tertiary/aromatic N) is 1. The summed E-state index contributed by atoms with van der Waals surface area (Å²) in [5.74, 6) is 0.796. The summed E-state index contributed by atoms with van der Waals surface area (Å²) in [6.07, 6.45) is 0.362. The van der Waals surface area contributed by atoms with Crippen LogP contribution >= 0.6 is 0 Å². The SMILES string of the molecule is CC(C)N1CCOC(CNCC2C(C)(C)C2(C)C)C1. The van der Waals surface area contributed by atoms with E-state index in [1.807, 2.05) is 0 Å². The predicted molar refractivity (Wildman–Crippen MR) is 80.4 cm³/mol. The molecule has 1 heterocycles. The third-order valence-corrected chi connectivity index (χ3v) is 5.94. The molecular formula is C16H32N2O. The van der Waals surface area contributed by atoms with E-state index < -0.39 is 0 Å². The zero-order valence-corrected chi connectivity index (χ0v) is 13.6. The van der Waals surface area contributed by atoms with Crippen LogP contribution in [0.1, 0.15) is 41.5 Å². The largest absolute Gasteiger partial charge is 0.374 e. The third-order valence-electron chi connectivity index (χ3n) is 5.94. The van der Waals surface area contributed by atoms with Crippen LogP contribution in [0, 0.1) is 16.7 Å². The summed E-state index contributed by atoms with van der Waals surface area (Å²) in [4.78, 5) is 2.51. The van der Waals surface area contributed by atoms with Crippen molar-refractivity contribution in [3.05, 3.63) is 0 Å². The summed E-state index contributed by atoms with van der Waals surface area (Å²) >= 11 is 0. The van der Waals surface area contributed by atoms with Gasteiger partial charge in [0, 0.05) is 25.7 Å². The van der Waals surface area contributed by atoms with Gasteiger partial charge in [-0.3, -0.25) is 4.90 Å². The maximum Gasteiger partial charge on any atom is 0.0826 e. The summed E-state index contributed by atoms with van der Waals surface area (Å²) in [6.45, 7) is 19.2. The van der Waals surface area contributed by atoms with E-state index in [1.165, 1.54) is 0 Å². The van der Waals surface area contributed by atoms with Crippen molar-refractivity contribution >= 4 is 0 Å². The highest BCUT2D eigenvalue weighted by Gasteiger charge is 2.63. The molecule has 19 heavy (non-hydrogen) atoms. The molecule has 0 aromatic rings. The van der Waals surface area contributed by atoms with Crippen LogP contribution in [0.15, 0.2) is 0 Å². The van der Waals surface area contributed by atoms with E-state index in [0.717, 1.165) is 38.7 Å². The smallest absolute Gasteiger partial charge is 0.0826 e. The Bertz CT molecular complexity index is 298. The first kappa shape index (κ1) is 15.3. The highest BCUT2D eigenvalue weighted by Crippen LogP contribution is 2.67. The molecular weight excluding hydrogens is 236 g/mol. The number of hydrogen-bond acceptors (Lipinski definition) is 3. The lowest BCUT2D eigenvalue weighted by Gasteiger charge is -2.35. The van der Waals surface area contributed by atoms with E-state index in [9.17, 15) is 0 Å². The van der Waals surface area contributed by atoms with E-state index in [-0.39, 0.29) is 0 Å². The van der Waals surface area contributed by atoms with Crippen LogP contribution in [0.3, 0.4) is 0 Å². The fourth-order valence-electron chi connectivity index (χ4n) is 3.57. The Hall–Kier alpha value is -0.120. The highest BCUT2D eigenvalue weighted by molar-refractivity contribution is 5.12. The first-order valence-electron chi connectivity index (χ1n) is 7.83. The van der Waals surface area contributed by atoms with Crippen LogP contribution in [0.2, 0.25) is 0 Å². The zero-order chi connectivity index (χ0) is 14.3. The van der Waals surface area contributed by atoms with E-state index in [0.29, 0.717) is 23.0 Å². The Morgan fingerprint density at radius 3 is 2.32 bits per heavy atom. The lowest BCUT2D eigenvalue weighted by molar-refractivity contribution is -0.0372. The zero-order valence-electron chi connectivity index (χ0n) is 13.6. The second-order valence-electron chi connectivity index (χ2n) is 7.74. The van der Waals surface area contributed by atoms with Crippen molar-refractivity contribution in [1.82, 2.24) is 10.2 Å².